The van der Waals surface area contributed by atoms with Gasteiger partial charge in [-0.25, -0.2) is 4.98 Å². The number of amides is 1. The Labute approximate surface area is 161 Å². The number of carbonyl (C=O) groups is 2. The van der Waals surface area contributed by atoms with Gasteiger partial charge in [0.15, 0.2) is 11.9 Å². The molecule has 1 atom stereocenters. The number of nitrogens with zero attached hydrogens (tertiary/aromatic N) is 1. The van der Waals surface area contributed by atoms with E-state index in [2.05, 4.69) is 10.3 Å². The van der Waals surface area contributed by atoms with Gasteiger partial charge in [0, 0.05) is 28.6 Å². The third kappa shape index (κ3) is 3.61. The third-order valence-corrected chi connectivity index (χ3v) is 5.43. The molecule has 4 rings (SSSR count). The van der Waals surface area contributed by atoms with E-state index in [0.29, 0.717) is 24.4 Å². The lowest BCUT2D eigenvalue weighted by molar-refractivity contribution is -0.127. The predicted octanol–water partition coefficient (Wildman–Crippen LogP) is 3.63. The second-order valence-corrected chi connectivity index (χ2v) is 7.42. The summed E-state index contributed by atoms with van der Waals surface area (Å²) >= 11 is 1.60. The van der Waals surface area contributed by atoms with Gasteiger partial charge in [-0.2, -0.15) is 0 Å². The molecule has 0 saturated heterocycles. The number of nitrogens with one attached hydrogen (secondary N) is 1. The number of carbonyl (C=O) groups excluding carboxylic acids is 2. The molecule has 1 aliphatic rings. The van der Waals surface area contributed by atoms with Crippen LogP contribution in [-0.2, 0) is 17.8 Å². The first kappa shape index (κ1) is 17.4. The average Bonchev–Trinajstić information content (AvgIpc) is 3.35. The zero-order valence-electron chi connectivity index (χ0n) is 14.8. The lowest BCUT2D eigenvalue weighted by atomic mass is 9.96. The number of benzene rings is 1. The molecular weight excluding hydrogens is 360 g/mol. The predicted molar refractivity (Wildman–Crippen MR) is 104 cm³/mol. The minimum Gasteiger partial charge on any atom is -0.464 e. The number of hydrogen-bond donors (Lipinski definition) is 1. The lowest BCUT2D eigenvalue weighted by Crippen LogP contribution is -2.36. The van der Waals surface area contributed by atoms with Crippen LogP contribution in [0.25, 0.3) is 11.1 Å². The maximum atomic E-state index is 12.5. The fraction of sp³-hybridized carbons (Fsp3) is 0.190. The van der Waals surface area contributed by atoms with E-state index in [1.807, 2.05) is 41.8 Å². The summed E-state index contributed by atoms with van der Waals surface area (Å²) in [7, 11) is 0. The number of pyridine rings is 1. The van der Waals surface area contributed by atoms with E-state index in [-0.39, 0.29) is 11.7 Å². The fourth-order valence-electron chi connectivity index (χ4n) is 3.16. The molecule has 0 fully saturated rings. The highest BCUT2D eigenvalue weighted by Crippen LogP contribution is 2.35. The van der Waals surface area contributed by atoms with Crippen LogP contribution in [0, 0.1) is 0 Å². The van der Waals surface area contributed by atoms with Crippen LogP contribution in [0.2, 0.25) is 0 Å². The molecule has 3 aromatic rings. The molecule has 0 spiro atoms. The zero-order valence-corrected chi connectivity index (χ0v) is 15.6. The van der Waals surface area contributed by atoms with Crippen LogP contribution >= 0.6 is 11.3 Å². The van der Waals surface area contributed by atoms with Crippen LogP contribution in [0.4, 0.5) is 0 Å². The molecule has 2 aromatic heterocycles. The van der Waals surface area contributed by atoms with Crippen LogP contribution < -0.4 is 10.1 Å². The number of fused-ring (bicyclic) bond motifs is 1. The monoisotopic (exact) mass is 378 g/mol. The number of rotatable bonds is 5. The van der Waals surface area contributed by atoms with Crippen LogP contribution in [-0.4, -0.2) is 22.8 Å². The molecule has 0 saturated carbocycles. The summed E-state index contributed by atoms with van der Waals surface area (Å²) in [5.41, 5.74) is 3.41. The summed E-state index contributed by atoms with van der Waals surface area (Å²) in [5.74, 6) is 0.353. The highest BCUT2D eigenvalue weighted by Gasteiger charge is 2.32. The van der Waals surface area contributed by atoms with Crippen LogP contribution in [0.3, 0.4) is 0 Å². The SMILES string of the molecule is CC(=O)c1cccc(-c2ccnc3c2CC(C(=O)NCc2cccs2)O3)c1. The second kappa shape index (κ2) is 7.32. The summed E-state index contributed by atoms with van der Waals surface area (Å²) in [4.78, 5) is 29.6. The third-order valence-electron chi connectivity index (χ3n) is 4.55. The van der Waals surface area contributed by atoms with Crippen molar-refractivity contribution in [2.45, 2.75) is 26.0 Å². The van der Waals surface area contributed by atoms with Crippen molar-refractivity contribution in [2.75, 3.05) is 0 Å². The standard InChI is InChI=1S/C21H18N2O3S/c1-13(24)14-4-2-5-15(10-14)17-7-8-22-21-18(17)11-19(26-21)20(25)23-12-16-6-3-9-27-16/h2-10,19H,11-12H2,1H3,(H,23,25). The Morgan fingerprint density at radius 1 is 1.26 bits per heavy atom. The fourth-order valence-corrected chi connectivity index (χ4v) is 3.80. The van der Waals surface area contributed by atoms with Gasteiger partial charge in [-0.15, -0.1) is 11.3 Å². The normalized spacial score (nSPS) is 15.1. The molecule has 27 heavy (non-hydrogen) atoms. The Morgan fingerprint density at radius 2 is 2.15 bits per heavy atom. The molecule has 136 valence electrons. The quantitative estimate of drug-likeness (QED) is 0.689. The maximum absolute atomic E-state index is 12.5. The van der Waals surface area contributed by atoms with Crippen LogP contribution in [0.15, 0.2) is 54.0 Å². The molecule has 3 heterocycles. The van der Waals surface area contributed by atoms with Crippen molar-refractivity contribution in [3.05, 3.63) is 70.0 Å². The van der Waals surface area contributed by atoms with Gasteiger partial charge in [0.25, 0.3) is 5.91 Å². The molecule has 0 radical (unpaired) electrons. The van der Waals surface area contributed by atoms with Crippen LogP contribution in [0.1, 0.15) is 27.7 Å². The van der Waals surface area contributed by atoms with Crippen molar-refractivity contribution >= 4 is 23.0 Å². The van der Waals surface area contributed by atoms with E-state index in [0.717, 1.165) is 21.6 Å². The molecule has 0 bridgehead atoms. The summed E-state index contributed by atoms with van der Waals surface area (Å²) in [6, 6.07) is 13.3. The van der Waals surface area contributed by atoms with E-state index < -0.39 is 6.10 Å². The minimum absolute atomic E-state index is 0.0182. The molecule has 1 N–H and O–H groups in total. The molecule has 5 nitrogen and oxygen atoms in total. The first-order valence-corrected chi connectivity index (χ1v) is 9.56. The smallest absolute Gasteiger partial charge is 0.261 e. The number of ether oxygens (including phenoxy) is 1. The van der Waals surface area contributed by atoms with Gasteiger partial charge in [0.05, 0.1) is 6.54 Å². The first-order valence-electron chi connectivity index (χ1n) is 8.68. The van der Waals surface area contributed by atoms with Crippen molar-refractivity contribution in [1.82, 2.24) is 10.3 Å². The largest absolute Gasteiger partial charge is 0.464 e. The molecular formula is C21H18N2O3S. The van der Waals surface area contributed by atoms with E-state index in [1.54, 1.807) is 30.5 Å². The Bertz CT molecular complexity index is 998. The topological polar surface area (TPSA) is 68.3 Å². The van der Waals surface area contributed by atoms with E-state index in [1.165, 1.54) is 0 Å². The highest BCUT2D eigenvalue weighted by molar-refractivity contribution is 7.09. The van der Waals surface area contributed by atoms with E-state index in [4.69, 9.17) is 4.74 Å². The number of hydrogen-bond acceptors (Lipinski definition) is 5. The number of thiophene rings is 1. The zero-order chi connectivity index (χ0) is 18.8. The Morgan fingerprint density at radius 3 is 2.93 bits per heavy atom. The van der Waals surface area contributed by atoms with Gasteiger partial charge >= 0.3 is 0 Å². The minimum atomic E-state index is -0.593. The van der Waals surface area contributed by atoms with Gasteiger partial charge < -0.3 is 10.1 Å². The molecule has 1 aromatic carbocycles. The molecule has 1 unspecified atom stereocenters. The molecule has 1 amide bonds. The molecule has 6 heteroatoms. The Balaban J connectivity index is 1.54. The number of Topliss-reactive ketones (excluding diaryl/α,β-unsaturated/α-hetero) is 1. The summed E-state index contributed by atoms with van der Waals surface area (Å²) in [6.45, 7) is 2.04. The Kier molecular flexibility index (Phi) is 4.73. The average molecular weight is 378 g/mol. The van der Waals surface area contributed by atoms with Crippen LogP contribution in [0.5, 0.6) is 5.88 Å². The van der Waals surface area contributed by atoms with Gasteiger partial charge in [0.2, 0.25) is 5.88 Å². The van der Waals surface area contributed by atoms with Gasteiger partial charge in [-0.1, -0.05) is 24.3 Å². The van der Waals surface area contributed by atoms with Gasteiger partial charge in [-0.05, 0) is 41.6 Å². The summed E-state index contributed by atoms with van der Waals surface area (Å²) in [6.07, 6.45) is 1.53. The number of aromatic nitrogens is 1. The van der Waals surface area contributed by atoms with Crippen molar-refractivity contribution < 1.29 is 14.3 Å². The number of ketones is 1. The lowest BCUT2D eigenvalue weighted by Gasteiger charge is -2.10. The Hall–Kier alpha value is -2.99. The first-order chi connectivity index (χ1) is 13.1. The van der Waals surface area contributed by atoms with Crippen molar-refractivity contribution in [2.24, 2.45) is 0 Å². The molecule has 0 aliphatic carbocycles. The van der Waals surface area contributed by atoms with E-state index >= 15 is 0 Å². The van der Waals surface area contributed by atoms with Gasteiger partial charge in [-0.3, -0.25) is 9.59 Å². The van der Waals surface area contributed by atoms with Gasteiger partial charge in [0.1, 0.15) is 0 Å². The highest BCUT2D eigenvalue weighted by atomic mass is 32.1. The summed E-state index contributed by atoms with van der Waals surface area (Å²) in [5, 5.41) is 4.90. The second-order valence-electron chi connectivity index (χ2n) is 6.39. The van der Waals surface area contributed by atoms with Crippen molar-refractivity contribution in [3.63, 3.8) is 0 Å². The van der Waals surface area contributed by atoms with Crippen molar-refractivity contribution in [3.8, 4) is 17.0 Å². The van der Waals surface area contributed by atoms with E-state index in [9.17, 15) is 9.59 Å². The molecule has 1 aliphatic heterocycles. The maximum Gasteiger partial charge on any atom is 0.261 e. The summed E-state index contributed by atoms with van der Waals surface area (Å²) < 4.78 is 5.79. The van der Waals surface area contributed by atoms with Crippen molar-refractivity contribution in [1.29, 1.82) is 0 Å².